The third-order valence-electron chi connectivity index (χ3n) is 3.27. The van der Waals surface area contributed by atoms with Gasteiger partial charge in [0.1, 0.15) is 11.1 Å². The van der Waals surface area contributed by atoms with Gasteiger partial charge in [0.15, 0.2) is 5.65 Å². The van der Waals surface area contributed by atoms with Gasteiger partial charge < -0.3 is 4.74 Å². The molecule has 0 spiro atoms. The Morgan fingerprint density at radius 2 is 1.84 bits per heavy atom. The van der Waals surface area contributed by atoms with Crippen LogP contribution in [0.3, 0.4) is 0 Å². The molecule has 0 N–H and O–H groups in total. The molecule has 3 aromatic heterocycles. The third-order valence-corrected chi connectivity index (χ3v) is 3.27. The molecule has 0 aliphatic rings. The number of aryl methyl sites for hydroxylation is 2. The van der Waals surface area contributed by atoms with Gasteiger partial charge in [0.05, 0.1) is 18.1 Å². The fourth-order valence-corrected chi connectivity index (χ4v) is 2.28. The quantitative estimate of drug-likeness (QED) is 0.669. The molecule has 0 bridgehead atoms. The first-order valence-electron chi connectivity index (χ1n) is 8.32. The number of ether oxygens (including phenoxy) is 1. The number of fused-ring (bicyclic) bond motifs is 1. The van der Waals surface area contributed by atoms with Gasteiger partial charge in [-0.05, 0) is 33.3 Å². The molecule has 3 rings (SSSR count). The zero-order chi connectivity index (χ0) is 18.8. The Kier molecular flexibility index (Phi) is 5.25. The van der Waals surface area contributed by atoms with Gasteiger partial charge in [-0.25, -0.2) is 19.3 Å². The molecular weight excluding hydrogens is 318 g/mol. The number of aromatic nitrogens is 5. The lowest BCUT2D eigenvalue weighted by Gasteiger charge is -2.19. The Morgan fingerprint density at radius 1 is 1.16 bits per heavy atom. The molecule has 0 fully saturated rings. The molecule has 0 aliphatic carbocycles. The SMILES string of the molecule is CC.Cc1cn(C(=O)OC(C)(C)C)c2ncc(-c3cnn(C)c3)nc12. The van der Waals surface area contributed by atoms with E-state index in [1.165, 1.54) is 4.57 Å². The van der Waals surface area contributed by atoms with Crippen molar-refractivity contribution in [1.29, 1.82) is 0 Å². The van der Waals surface area contributed by atoms with E-state index in [4.69, 9.17) is 4.74 Å². The van der Waals surface area contributed by atoms with Crippen molar-refractivity contribution in [1.82, 2.24) is 24.3 Å². The maximum atomic E-state index is 12.3. The van der Waals surface area contributed by atoms with Crippen molar-refractivity contribution < 1.29 is 9.53 Å². The molecule has 3 aromatic rings. The van der Waals surface area contributed by atoms with Crippen LogP contribution in [-0.4, -0.2) is 36.0 Å². The third kappa shape index (κ3) is 4.04. The minimum absolute atomic E-state index is 0.459. The fourth-order valence-electron chi connectivity index (χ4n) is 2.28. The topological polar surface area (TPSA) is 74.8 Å². The zero-order valence-corrected chi connectivity index (χ0v) is 15.9. The van der Waals surface area contributed by atoms with Crippen molar-refractivity contribution in [2.75, 3.05) is 0 Å². The fraction of sp³-hybridized carbons (Fsp3) is 0.444. The summed E-state index contributed by atoms with van der Waals surface area (Å²) in [6, 6.07) is 0. The van der Waals surface area contributed by atoms with Gasteiger partial charge in [0.2, 0.25) is 0 Å². The van der Waals surface area contributed by atoms with Gasteiger partial charge in [0, 0.05) is 25.0 Å². The second kappa shape index (κ2) is 7.04. The predicted molar refractivity (Wildman–Crippen MR) is 97.4 cm³/mol. The van der Waals surface area contributed by atoms with Crippen molar-refractivity contribution in [2.24, 2.45) is 7.05 Å². The zero-order valence-electron chi connectivity index (χ0n) is 15.9. The number of rotatable bonds is 1. The number of carbonyl (C=O) groups is 1. The summed E-state index contributed by atoms with van der Waals surface area (Å²) in [5.74, 6) is 0. The first kappa shape index (κ1) is 18.6. The molecule has 7 heteroatoms. The van der Waals surface area contributed by atoms with E-state index in [1.54, 1.807) is 23.3 Å². The summed E-state index contributed by atoms with van der Waals surface area (Å²) in [7, 11) is 1.85. The van der Waals surface area contributed by atoms with Crippen LogP contribution in [0.1, 0.15) is 40.2 Å². The second-order valence-electron chi connectivity index (χ2n) is 6.49. The van der Waals surface area contributed by atoms with Crippen LogP contribution in [-0.2, 0) is 11.8 Å². The molecule has 0 unspecified atom stereocenters. The van der Waals surface area contributed by atoms with Crippen LogP contribution >= 0.6 is 0 Å². The summed E-state index contributed by atoms with van der Waals surface area (Å²) in [5, 5.41) is 4.14. The lowest BCUT2D eigenvalue weighted by molar-refractivity contribution is 0.0543. The number of nitrogens with zero attached hydrogens (tertiary/aromatic N) is 5. The van der Waals surface area contributed by atoms with Crippen LogP contribution in [0, 0.1) is 6.92 Å². The Balaban J connectivity index is 0.00000109. The lowest BCUT2D eigenvalue weighted by atomic mass is 10.2. The maximum Gasteiger partial charge on any atom is 0.420 e. The average molecular weight is 343 g/mol. The molecule has 0 aromatic carbocycles. The molecule has 25 heavy (non-hydrogen) atoms. The van der Waals surface area contributed by atoms with Crippen LogP contribution in [0.25, 0.3) is 22.4 Å². The second-order valence-corrected chi connectivity index (χ2v) is 6.49. The Labute approximate surface area is 147 Å². The summed E-state index contributed by atoms with van der Waals surface area (Å²) >= 11 is 0. The molecule has 0 saturated heterocycles. The van der Waals surface area contributed by atoms with Crippen molar-refractivity contribution in [3.05, 3.63) is 30.4 Å². The highest BCUT2D eigenvalue weighted by Crippen LogP contribution is 2.23. The van der Waals surface area contributed by atoms with Crippen LogP contribution in [0.2, 0.25) is 0 Å². The largest absolute Gasteiger partial charge is 0.443 e. The standard InChI is InChI=1S/C16H19N5O2.C2H6/c1-10-8-21(15(22)23-16(2,3)4)14-13(10)19-12(7-17-14)11-6-18-20(5)9-11;1-2/h6-9H,1-5H3;1-2H3. The highest BCUT2D eigenvalue weighted by Gasteiger charge is 2.21. The summed E-state index contributed by atoms with van der Waals surface area (Å²) in [6.45, 7) is 11.4. The van der Waals surface area contributed by atoms with E-state index in [-0.39, 0.29) is 0 Å². The summed E-state index contributed by atoms with van der Waals surface area (Å²) in [4.78, 5) is 21.3. The van der Waals surface area contributed by atoms with Crippen LogP contribution in [0.4, 0.5) is 4.79 Å². The number of carbonyl (C=O) groups excluding carboxylic acids is 1. The molecule has 7 nitrogen and oxygen atoms in total. The van der Waals surface area contributed by atoms with Gasteiger partial charge in [-0.15, -0.1) is 0 Å². The van der Waals surface area contributed by atoms with Crippen molar-refractivity contribution in [3.8, 4) is 11.3 Å². The van der Waals surface area contributed by atoms with E-state index in [2.05, 4.69) is 15.1 Å². The number of hydrogen-bond acceptors (Lipinski definition) is 5. The molecule has 0 atom stereocenters. The first-order chi connectivity index (χ1) is 11.7. The molecule has 0 amide bonds. The van der Waals surface area contributed by atoms with Crippen molar-refractivity contribution >= 4 is 17.3 Å². The molecule has 3 heterocycles. The van der Waals surface area contributed by atoms with Crippen molar-refractivity contribution in [2.45, 2.75) is 47.1 Å². The van der Waals surface area contributed by atoms with E-state index < -0.39 is 11.7 Å². The van der Waals surface area contributed by atoms with E-state index >= 15 is 0 Å². The Bertz CT molecular complexity index is 887. The molecule has 134 valence electrons. The van der Waals surface area contributed by atoms with Gasteiger partial charge >= 0.3 is 6.09 Å². The average Bonchev–Trinajstić information content (AvgIpc) is 3.12. The Morgan fingerprint density at radius 3 is 2.40 bits per heavy atom. The van der Waals surface area contributed by atoms with E-state index in [9.17, 15) is 4.79 Å². The predicted octanol–water partition coefficient (Wildman–Crippen LogP) is 3.95. The van der Waals surface area contributed by atoms with Crippen LogP contribution in [0.5, 0.6) is 0 Å². The Hall–Kier alpha value is -2.70. The lowest BCUT2D eigenvalue weighted by Crippen LogP contribution is -2.26. The minimum atomic E-state index is -0.565. The van der Waals surface area contributed by atoms with Crippen LogP contribution < -0.4 is 0 Å². The highest BCUT2D eigenvalue weighted by atomic mass is 16.6. The van der Waals surface area contributed by atoms with Gasteiger partial charge in [-0.1, -0.05) is 13.8 Å². The van der Waals surface area contributed by atoms with E-state index in [1.807, 2.05) is 54.8 Å². The smallest absolute Gasteiger partial charge is 0.420 e. The normalized spacial score (nSPS) is 11.2. The monoisotopic (exact) mass is 343 g/mol. The van der Waals surface area contributed by atoms with E-state index in [0.717, 1.165) is 16.8 Å². The van der Waals surface area contributed by atoms with Crippen molar-refractivity contribution in [3.63, 3.8) is 0 Å². The van der Waals surface area contributed by atoms with Crippen LogP contribution in [0.15, 0.2) is 24.8 Å². The summed E-state index contributed by atoms with van der Waals surface area (Å²) in [5.41, 5.74) is 3.07. The minimum Gasteiger partial charge on any atom is -0.443 e. The van der Waals surface area contributed by atoms with E-state index in [0.29, 0.717) is 11.2 Å². The molecule has 0 radical (unpaired) electrons. The van der Waals surface area contributed by atoms with Gasteiger partial charge in [-0.2, -0.15) is 5.10 Å². The van der Waals surface area contributed by atoms with Gasteiger partial charge in [-0.3, -0.25) is 4.68 Å². The summed E-state index contributed by atoms with van der Waals surface area (Å²) in [6.07, 6.45) is 6.48. The number of hydrogen-bond donors (Lipinski definition) is 0. The molecule has 0 aliphatic heterocycles. The molecule has 0 saturated carbocycles. The maximum absolute atomic E-state index is 12.3. The highest BCUT2D eigenvalue weighted by molar-refractivity contribution is 5.88. The molecular formula is C18H25N5O2. The van der Waals surface area contributed by atoms with Gasteiger partial charge in [0.25, 0.3) is 0 Å². The summed E-state index contributed by atoms with van der Waals surface area (Å²) < 4.78 is 8.51. The first-order valence-corrected chi connectivity index (χ1v) is 8.32.